The number of pyridine rings is 1. The Morgan fingerprint density at radius 1 is 1.27 bits per heavy atom. The smallest absolute Gasteiger partial charge is 0.243 e. The van der Waals surface area contributed by atoms with Crippen molar-refractivity contribution in [1.29, 1.82) is 0 Å². The van der Waals surface area contributed by atoms with Crippen LogP contribution in [0.1, 0.15) is 19.4 Å². The van der Waals surface area contributed by atoms with E-state index in [2.05, 4.69) is 19.7 Å². The molecule has 118 valence electrons. The van der Waals surface area contributed by atoms with Gasteiger partial charge in [0.1, 0.15) is 4.90 Å². The van der Waals surface area contributed by atoms with E-state index in [9.17, 15) is 8.42 Å². The topological polar surface area (TPSA) is 120 Å². The standard InChI is InChI=1S/C13H17N5O3S/c1-9(2)21-12-5-10(3-4-15-12)6-18-22(19,20)11-7-16-13(14)17-8-11/h3-5,7-9,18H,6H2,1-2H3,(H2,14,16,17). The van der Waals surface area contributed by atoms with E-state index >= 15 is 0 Å². The first-order valence-electron chi connectivity index (χ1n) is 6.55. The third kappa shape index (κ3) is 4.37. The fourth-order valence-electron chi connectivity index (χ4n) is 1.59. The summed E-state index contributed by atoms with van der Waals surface area (Å²) in [4.78, 5) is 11.3. The van der Waals surface area contributed by atoms with Crippen molar-refractivity contribution >= 4 is 16.0 Å². The summed E-state index contributed by atoms with van der Waals surface area (Å²) in [5.74, 6) is 0.464. The molecule has 2 aromatic heterocycles. The van der Waals surface area contributed by atoms with E-state index < -0.39 is 10.0 Å². The summed E-state index contributed by atoms with van der Waals surface area (Å²) < 4.78 is 32.1. The van der Waals surface area contributed by atoms with Crippen LogP contribution in [0.15, 0.2) is 35.6 Å². The summed E-state index contributed by atoms with van der Waals surface area (Å²) in [6.45, 7) is 3.88. The van der Waals surface area contributed by atoms with Gasteiger partial charge >= 0.3 is 0 Å². The minimum Gasteiger partial charge on any atom is -0.475 e. The van der Waals surface area contributed by atoms with Gasteiger partial charge in [-0.05, 0) is 25.5 Å². The molecular weight excluding hydrogens is 306 g/mol. The zero-order valence-corrected chi connectivity index (χ0v) is 13.0. The van der Waals surface area contributed by atoms with E-state index in [1.54, 1.807) is 18.3 Å². The van der Waals surface area contributed by atoms with Gasteiger partial charge in [0.2, 0.25) is 21.9 Å². The highest BCUT2D eigenvalue weighted by Gasteiger charge is 2.15. The monoisotopic (exact) mass is 323 g/mol. The summed E-state index contributed by atoms with van der Waals surface area (Å²) in [6.07, 6.45) is 3.87. The number of nitrogens with two attached hydrogens (primary N) is 1. The normalized spacial score (nSPS) is 11.6. The van der Waals surface area contributed by atoms with Crippen LogP contribution in [0.25, 0.3) is 0 Å². The van der Waals surface area contributed by atoms with Crippen LogP contribution in [0.3, 0.4) is 0 Å². The predicted octanol–water partition coefficient (Wildman–Crippen LogP) is 0.719. The summed E-state index contributed by atoms with van der Waals surface area (Å²) in [5, 5.41) is 0. The Balaban J connectivity index is 2.07. The molecule has 0 bridgehead atoms. The molecule has 0 atom stereocenters. The van der Waals surface area contributed by atoms with Gasteiger partial charge in [-0.2, -0.15) is 0 Å². The molecule has 0 aliphatic rings. The quantitative estimate of drug-likeness (QED) is 0.803. The van der Waals surface area contributed by atoms with Crippen LogP contribution in [0.2, 0.25) is 0 Å². The minimum absolute atomic E-state index is 0.00799. The first kappa shape index (κ1) is 16.1. The molecule has 3 N–H and O–H groups in total. The Kier molecular flexibility index (Phi) is 4.88. The molecule has 0 radical (unpaired) electrons. The molecule has 0 aromatic carbocycles. The van der Waals surface area contributed by atoms with Gasteiger partial charge in [0.05, 0.1) is 18.5 Å². The van der Waals surface area contributed by atoms with E-state index in [1.165, 1.54) is 0 Å². The highest BCUT2D eigenvalue weighted by molar-refractivity contribution is 7.89. The van der Waals surface area contributed by atoms with Crippen LogP contribution in [-0.2, 0) is 16.6 Å². The van der Waals surface area contributed by atoms with Crippen molar-refractivity contribution in [2.75, 3.05) is 5.73 Å². The number of ether oxygens (including phenoxy) is 1. The Hall–Kier alpha value is -2.26. The van der Waals surface area contributed by atoms with Crippen LogP contribution in [0.4, 0.5) is 5.95 Å². The molecule has 2 heterocycles. The highest BCUT2D eigenvalue weighted by atomic mass is 32.2. The number of anilines is 1. The van der Waals surface area contributed by atoms with E-state index in [4.69, 9.17) is 10.5 Å². The average molecular weight is 323 g/mol. The number of nitrogen functional groups attached to an aromatic ring is 1. The van der Waals surface area contributed by atoms with Crippen molar-refractivity contribution in [1.82, 2.24) is 19.7 Å². The SMILES string of the molecule is CC(C)Oc1cc(CNS(=O)(=O)c2cnc(N)nc2)ccn1. The fourth-order valence-corrected chi connectivity index (χ4v) is 2.50. The maximum atomic E-state index is 12.1. The molecule has 0 amide bonds. The van der Waals surface area contributed by atoms with Gasteiger partial charge in [0.25, 0.3) is 0 Å². The lowest BCUT2D eigenvalue weighted by atomic mass is 10.3. The van der Waals surface area contributed by atoms with Crippen molar-refractivity contribution in [3.8, 4) is 5.88 Å². The molecule has 0 saturated heterocycles. The Bertz CT molecular complexity index is 732. The lowest BCUT2D eigenvalue weighted by Gasteiger charge is -2.10. The number of aromatic nitrogens is 3. The van der Waals surface area contributed by atoms with Gasteiger partial charge in [-0.1, -0.05) is 0 Å². The van der Waals surface area contributed by atoms with E-state index in [0.29, 0.717) is 5.88 Å². The second-order valence-electron chi connectivity index (χ2n) is 4.77. The van der Waals surface area contributed by atoms with Crippen LogP contribution < -0.4 is 15.2 Å². The number of nitrogens with one attached hydrogen (secondary N) is 1. The van der Waals surface area contributed by atoms with Crippen molar-refractivity contribution < 1.29 is 13.2 Å². The van der Waals surface area contributed by atoms with Crippen LogP contribution in [0, 0.1) is 0 Å². The van der Waals surface area contributed by atoms with Gasteiger partial charge in [-0.15, -0.1) is 0 Å². The fraction of sp³-hybridized carbons (Fsp3) is 0.308. The molecular formula is C13H17N5O3S. The number of nitrogens with zero attached hydrogens (tertiary/aromatic N) is 3. The first-order chi connectivity index (χ1) is 10.4. The molecule has 0 spiro atoms. The lowest BCUT2D eigenvalue weighted by molar-refractivity contribution is 0.232. The maximum absolute atomic E-state index is 12.1. The second-order valence-corrected chi connectivity index (χ2v) is 6.54. The summed E-state index contributed by atoms with van der Waals surface area (Å²) >= 11 is 0. The Labute approximate surface area is 128 Å². The van der Waals surface area contributed by atoms with Gasteiger partial charge < -0.3 is 10.5 Å². The van der Waals surface area contributed by atoms with Crippen molar-refractivity contribution in [2.45, 2.75) is 31.4 Å². The van der Waals surface area contributed by atoms with E-state index in [-0.39, 0.29) is 23.5 Å². The molecule has 22 heavy (non-hydrogen) atoms. The molecule has 0 aliphatic heterocycles. The molecule has 2 aromatic rings. The molecule has 0 unspecified atom stereocenters. The third-order valence-corrected chi connectivity index (χ3v) is 3.94. The van der Waals surface area contributed by atoms with Crippen LogP contribution in [-0.4, -0.2) is 29.5 Å². The minimum atomic E-state index is -3.70. The van der Waals surface area contributed by atoms with Crippen molar-refractivity contribution in [3.05, 3.63) is 36.3 Å². The summed E-state index contributed by atoms with van der Waals surface area (Å²) in [6, 6.07) is 3.39. The highest BCUT2D eigenvalue weighted by Crippen LogP contribution is 2.12. The Morgan fingerprint density at radius 2 is 1.95 bits per heavy atom. The zero-order chi connectivity index (χ0) is 16.2. The molecule has 0 saturated carbocycles. The summed E-state index contributed by atoms with van der Waals surface area (Å²) in [5.41, 5.74) is 6.06. The van der Waals surface area contributed by atoms with Gasteiger partial charge in [-0.3, -0.25) is 0 Å². The van der Waals surface area contributed by atoms with Gasteiger partial charge in [0, 0.05) is 18.8 Å². The van der Waals surface area contributed by atoms with Crippen LogP contribution in [0.5, 0.6) is 5.88 Å². The van der Waals surface area contributed by atoms with Crippen LogP contribution >= 0.6 is 0 Å². The number of rotatable bonds is 6. The molecule has 0 fully saturated rings. The predicted molar refractivity (Wildman–Crippen MR) is 80.5 cm³/mol. The largest absolute Gasteiger partial charge is 0.475 e. The van der Waals surface area contributed by atoms with Gasteiger partial charge in [-0.25, -0.2) is 28.1 Å². The van der Waals surface area contributed by atoms with Crippen molar-refractivity contribution in [3.63, 3.8) is 0 Å². The summed E-state index contributed by atoms with van der Waals surface area (Å²) in [7, 11) is -3.70. The lowest BCUT2D eigenvalue weighted by Crippen LogP contribution is -2.23. The molecule has 8 nitrogen and oxygen atoms in total. The molecule has 0 aliphatic carbocycles. The second kappa shape index (κ2) is 6.67. The number of sulfonamides is 1. The number of hydrogen-bond acceptors (Lipinski definition) is 7. The van der Waals surface area contributed by atoms with Gasteiger partial charge in [0.15, 0.2) is 0 Å². The average Bonchev–Trinajstić information content (AvgIpc) is 2.45. The van der Waals surface area contributed by atoms with Crippen molar-refractivity contribution in [2.24, 2.45) is 0 Å². The van der Waals surface area contributed by atoms with E-state index in [1.807, 2.05) is 13.8 Å². The molecule has 2 rings (SSSR count). The van der Waals surface area contributed by atoms with E-state index in [0.717, 1.165) is 18.0 Å². The molecule has 9 heteroatoms. The third-order valence-electron chi connectivity index (χ3n) is 2.58. The number of hydrogen-bond donors (Lipinski definition) is 2. The maximum Gasteiger partial charge on any atom is 0.243 e. The first-order valence-corrected chi connectivity index (χ1v) is 8.04. The Morgan fingerprint density at radius 3 is 2.59 bits per heavy atom. The zero-order valence-electron chi connectivity index (χ0n) is 12.2.